The van der Waals surface area contributed by atoms with E-state index >= 15 is 0 Å². The van der Waals surface area contributed by atoms with Crippen molar-refractivity contribution in [1.82, 2.24) is 35.1 Å². The van der Waals surface area contributed by atoms with Crippen LogP contribution in [0, 0.1) is 12.8 Å². The Morgan fingerprint density at radius 1 is 0.914 bits per heavy atom. The molecule has 4 fully saturated rings. The Morgan fingerprint density at radius 3 is 2.24 bits per heavy atom. The van der Waals surface area contributed by atoms with E-state index in [9.17, 15) is 24.6 Å². The number of para-hydroxylation sites is 1. The number of aromatic nitrogens is 2. The van der Waals surface area contributed by atoms with Gasteiger partial charge in [0.05, 0.1) is 33.9 Å². The Balaban J connectivity index is 0.000000229. The fourth-order valence-electron chi connectivity index (χ4n) is 9.16. The van der Waals surface area contributed by atoms with Gasteiger partial charge in [0.2, 0.25) is 11.8 Å². The molecule has 3 saturated heterocycles. The number of ether oxygens (including phenoxy) is 2. The number of piperidine rings is 1. The Bertz CT molecular complexity index is 2430. The summed E-state index contributed by atoms with van der Waals surface area (Å²) in [6, 6.07) is 16.0. The number of amides is 3. The number of nitrogens with one attached hydrogen (secondary N) is 1. The summed E-state index contributed by atoms with van der Waals surface area (Å²) in [6.45, 7) is 13.5. The lowest BCUT2D eigenvalue weighted by atomic mass is 9.91. The van der Waals surface area contributed by atoms with Gasteiger partial charge in [0, 0.05) is 69.7 Å². The molecule has 8 rings (SSSR count). The van der Waals surface area contributed by atoms with Crippen LogP contribution in [-0.4, -0.2) is 135 Å². The second kappa shape index (κ2) is 24.0. The minimum atomic E-state index is -0.568. The van der Waals surface area contributed by atoms with Gasteiger partial charge in [-0.15, -0.1) is 11.3 Å². The third-order valence-electron chi connectivity index (χ3n) is 13.6. The molecule has 4 aromatic rings. The zero-order chi connectivity index (χ0) is 49.9. The minimum Gasteiger partial charge on any atom is -0.507 e. The SMILES string of the molecule is Cc1ncsc1-c1ccc(C(C)NC(=O)C2CCCN2C(=O)C(c2cc(OCCN3CCC(O)CC3)no2)C(C)C)cc1.NC(N)=C(/C=C(\N)c1ccccc1O)N1CCN(C(=O)OC2CCC2)CC1. The molecule has 4 aliphatic rings. The molecule has 2 aromatic carbocycles. The predicted octanol–water partition coefficient (Wildman–Crippen LogP) is 5.64. The van der Waals surface area contributed by atoms with Gasteiger partial charge in [-0.25, -0.2) is 9.78 Å². The van der Waals surface area contributed by atoms with E-state index in [0.29, 0.717) is 74.3 Å². The summed E-state index contributed by atoms with van der Waals surface area (Å²) >= 11 is 1.62. The molecule has 19 heteroatoms. The number of aromatic hydroxyl groups is 1. The van der Waals surface area contributed by atoms with Gasteiger partial charge in [0.1, 0.15) is 36.2 Å². The fourth-order valence-corrected chi connectivity index (χ4v) is 9.97. The van der Waals surface area contributed by atoms with Gasteiger partial charge >= 0.3 is 6.09 Å². The van der Waals surface area contributed by atoms with Gasteiger partial charge in [-0.2, -0.15) is 0 Å². The molecule has 5 heterocycles. The molecule has 1 aliphatic carbocycles. The number of nitrogens with two attached hydrogens (primary N) is 3. The van der Waals surface area contributed by atoms with E-state index < -0.39 is 12.0 Å². The smallest absolute Gasteiger partial charge is 0.410 e. The summed E-state index contributed by atoms with van der Waals surface area (Å²) in [4.78, 5) is 52.6. The van der Waals surface area contributed by atoms with Crippen LogP contribution >= 0.6 is 11.3 Å². The van der Waals surface area contributed by atoms with Gasteiger partial charge in [-0.3, -0.25) is 14.5 Å². The van der Waals surface area contributed by atoms with Crippen molar-refractivity contribution >= 4 is 34.9 Å². The average Bonchev–Trinajstić information content (AvgIpc) is 4.12. The van der Waals surface area contributed by atoms with E-state index in [-0.39, 0.29) is 53.6 Å². The van der Waals surface area contributed by atoms with Crippen LogP contribution < -0.4 is 27.3 Å². The molecule has 3 amide bonds. The highest BCUT2D eigenvalue weighted by Crippen LogP contribution is 2.33. The average molecular weight is 983 g/mol. The number of carbonyl (C=O) groups excluding carboxylic acids is 3. The topological polar surface area (TPSA) is 252 Å². The lowest BCUT2D eigenvalue weighted by molar-refractivity contribution is -0.141. The molecule has 3 atom stereocenters. The number of aliphatic hydroxyl groups excluding tert-OH is 1. The van der Waals surface area contributed by atoms with Crippen molar-refractivity contribution < 1.29 is 38.6 Å². The fraction of sp³-hybridized carbons (Fsp3) is 0.510. The summed E-state index contributed by atoms with van der Waals surface area (Å²) in [5.41, 5.74) is 24.3. The maximum absolute atomic E-state index is 13.9. The number of hydrogen-bond acceptors (Lipinski definition) is 16. The molecule has 0 spiro atoms. The summed E-state index contributed by atoms with van der Waals surface area (Å²) in [5.74, 6) is 0.134. The molecule has 3 aliphatic heterocycles. The van der Waals surface area contributed by atoms with Gasteiger partial charge in [0.25, 0.3) is 5.88 Å². The molecule has 378 valence electrons. The third-order valence-corrected chi connectivity index (χ3v) is 14.6. The first-order chi connectivity index (χ1) is 33.7. The zero-order valence-electron chi connectivity index (χ0n) is 40.8. The summed E-state index contributed by atoms with van der Waals surface area (Å²) in [5, 5.41) is 26.9. The molecule has 18 nitrogen and oxygen atoms in total. The summed E-state index contributed by atoms with van der Waals surface area (Å²) in [6.07, 6.45) is 7.26. The Hall–Kier alpha value is -6.31. The van der Waals surface area contributed by atoms with E-state index in [4.69, 9.17) is 31.2 Å². The van der Waals surface area contributed by atoms with Crippen molar-refractivity contribution in [2.45, 2.75) is 103 Å². The highest BCUT2D eigenvalue weighted by atomic mass is 32.1. The van der Waals surface area contributed by atoms with E-state index in [1.54, 1.807) is 57.5 Å². The number of aryl methyl sites for hydroxylation is 1. The lowest BCUT2D eigenvalue weighted by Gasteiger charge is -2.37. The number of carbonyl (C=O) groups is 3. The molecule has 0 radical (unpaired) electrons. The van der Waals surface area contributed by atoms with Crippen LogP contribution in [0.3, 0.4) is 0 Å². The Labute approximate surface area is 414 Å². The Morgan fingerprint density at radius 2 is 1.61 bits per heavy atom. The van der Waals surface area contributed by atoms with Crippen LogP contribution in [0.15, 0.2) is 82.2 Å². The van der Waals surface area contributed by atoms with Gasteiger partial charge in [-0.1, -0.05) is 50.2 Å². The maximum Gasteiger partial charge on any atom is 0.410 e. The van der Waals surface area contributed by atoms with Crippen molar-refractivity contribution in [3.63, 3.8) is 0 Å². The number of likely N-dealkylation sites (tertiary alicyclic amines) is 2. The van der Waals surface area contributed by atoms with Crippen molar-refractivity contribution in [1.29, 1.82) is 0 Å². The van der Waals surface area contributed by atoms with Crippen LogP contribution in [0.25, 0.3) is 16.1 Å². The van der Waals surface area contributed by atoms with Crippen LogP contribution in [0.2, 0.25) is 0 Å². The number of allylic oxidation sites excluding steroid dienone is 1. The molecule has 70 heavy (non-hydrogen) atoms. The molecular formula is C51H70N10O8S. The molecule has 1 saturated carbocycles. The molecule has 2 aromatic heterocycles. The number of rotatable bonds is 15. The first-order valence-corrected chi connectivity index (χ1v) is 25.4. The molecule has 9 N–H and O–H groups in total. The van der Waals surface area contributed by atoms with Crippen molar-refractivity contribution in [2.24, 2.45) is 23.1 Å². The summed E-state index contributed by atoms with van der Waals surface area (Å²) in [7, 11) is 0. The van der Waals surface area contributed by atoms with Crippen LogP contribution in [0.4, 0.5) is 4.79 Å². The first-order valence-electron chi connectivity index (χ1n) is 24.5. The summed E-state index contributed by atoms with van der Waals surface area (Å²) < 4.78 is 16.9. The van der Waals surface area contributed by atoms with E-state index in [1.807, 2.05) is 50.2 Å². The largest absolute Gasteiger partial charge is 0.507 e. The van der Waals surface area contributed by atoms with E-state index in [1.165, 1.54) is 0 Å². The quantitative estimate of drug-likeness (QED) is 0.0790. The number of phenols is 1. The van der Waals surface area contributed by atoms with Gasteiger partial charge in [-0.05, 0) is 99.2 Å². The van der Waals surface area contributed by atoms with Crippen LogP contribution in [-0.2, 0) is 14.3 Å². The number of phenolic OH excluding ortho intramolecular Hbond substituents is 1. The van der Waals surface area contributed by atoms with Crippen molar-refractivity contribution in [2.75, 3.05) is 59.0 Å². The third kappa shape index (κ3) is 13.1. The second-order valence-corrected chi connectivity index (χ2v) is 19.7. The molecular weight excluding hydrogens is 913 g/mol. The molecule has 0 bridgehead atoms. The highest BCUT2D eigenvalue weighted by molar-refractivity contribution is 7.13. The number of aliphatic hydroxyl groups is 1. The number of thiazole rings is 1. The van der Waals surface area contributed by atoms with Gasteiger partial charge < -0.3 is 61.4 Å². The van der Waals surface area contributed by atoms with Crippen LogP contribution in [0.5, 0.6) is 11.6 Å². The number of nitrogens with zero attached hydrogens (tertiary/aromatic N) is 6. The second-order valence-electron chi connectivity index (χ2n) is 18.9. The lowest BCUT2D eigenvalue weighted by Crippen LogP contribution is -2.49. The van der Waals surface area contributed by atoms with Crippen molar-refractivity contribution in [3.8, 4) is 22.1 Å². The van der Waals surface area contributed by atoms with Gasteiger partial charge in [0.15, 0.2) is 5.76 Å². The number of hydrogen-bond donors (Lipinski definition) is 6. The van der Waals surface area contributed by atoms with E-state index in [0.717, 1.165) is 79.9 Å². The molecule has 3 unspecified atom stereocenters. The first kappa shape index (κ1) is 51.5. The monoisotopic (exact) mass is 983 g/mol. The zero-order valence-corrected chi connectivity index (χ0v) is 41.6. The van der Waals surface area contributed by atoms with Crippen LogP contribution in [0.1, 0.15) is 100 Å². The predicted molar refractivity (Wildman–Crippen MR) is 268 cm³/mol. The van der Waals surface area contributed by atoms with E-state index in [2.05, 4.69) is 32.5 Å². The highest BCUT2D eigenvalue weighted by Gasteiger charge is 2.40. The van der Waals surface area contributed by atoms with Crippen molar-refractivity contribution in [3.05, 3.63) is 100 Å². The maximum atomic E-state index is 13.9. The number of piperazine rings is 1. The standard InChI is InChI=1S/C32H43N5O5S.C19H27N5O3/c1-20(2)29(27-18-28(35-42-27)41-17-16-36-14-11-25(38)12-15-36)32(40)37-13-5-6-26(37)31(39)34-21(3)23-7-9-24(10-8-23)30-22(4)33-19-43-30;20-15(14-6-1-2-7-17(14)25)12-16(18(21)22)23-8-10-24(11-9-23)19(26)27-13-4-3-5-13/h7-10,18-21,25-26,29,38H,5-6,11-17H2,1-4H3,(H,34,39);1-2,6-7,12-13,25H,3-5,8-11,20-22H2/b;15-12-. The number of benzene rings is 2. The normalized spacial score (nSPS) is 18.9. The minimum absolute atomic E-state index is 0.0583. The Kier molecular flexibility index (Phi) is 17.7.